The molecular formula is C16H15ClN2O8. The average Bonchev–Trinajstić information content (AvgIpc) is 2.66. The maximum atomic E-state index is 12.2. The molecule has 0 radical (unpaired) electrons. The molecule has 0 aliphatic carbocycles. The first-order valence-electron chi connectivity index (χ1n) is 7.29. The van der Waals surface area contributed by atoms with Gasteiger partial charge in [-0.1, -0.05) is 18.2 Å². The van der Waals surface area contributed by atoms with E-state index in [1.54, 1.807) is 30.3 Å². The molecule has 0 aliphatic heterocycles. The molecule has 0 saturated heterocycles. The number of hydrogen-bond acceptors (Lipinski definition) is 9. The largest absolute Gasteiger partial charge is 0.455 e. The molecule has 11 heteroatoms. The van der Waals surface area contributed by atoms with Gasteiger partial charge in [-0.05, 0) is 24.3 Å². The quantitative estimate of drug-likeness (QED) is 0.322. The summed E-state index contributed by atoms with van der Waals surface area (Å²) >= 11 is 3.64. The van der Waals surface area contributed by atoms with Crippen LogP contribution in [0.1, 0.15) is 28.7 Å². The van der Waals surface area contributed by atoms with Crippen molar-refractivity contribution in [3.8, 4) is 5.75 Å². The maximum absolute atomic E-state index is 12.2. The number of aromatic nitrogens is 1. The molecule has 0 bridgehead atoms. The summed E-state index contributed by atoms with van der Waals surface area (Å²) in [6.45, 7) is 0.772. The molecule has 0 amide bonds. The summed E-state index contributed by atoms with van der Waals surface area (Å²) in [7, 11) is 0. The van der Waals surface area contributed by atoms with Crippen molar-refractivity contribution in [2.75, 3.05) is 0 Å². The molecule has 1 aromatic carbocycles. The van der Waals surface area contributed by atoms with Crippen LogP contribution in [0.4, 0.5) is 0 Å². The fourth-order valence-electron chi connectivity index (χ4n) is 1.91. The van der Waals surface area contributed by atoms with Gasteiger partial charge >= 0.3 is 11.9 Å². The summed E-state index contributed by atoms with van der Waals surface area (Å²) in [6.07, 6.45) is 0. The lowest BCUT2D eigenvalue weighted by Gasteiger charge is -2.09. The predicted octanol–water partition coefficient (Wildman–Crippen LogP) is 2.20. The molecule has 0 fully saturated rings. The normalized spacial score (nSPS) is 9.44. The van der Waals surface area contributed by atoms with Crippen LogP contribution >= 0.6 is 11.9 Å². The molecule has 2 rings (SSSR count). The van der Waals surface area contributed by atoms with Crippen LogP contribution in [0.25, 0.3) is 0 Å². The molecule has 27 heavy (non-hydrogen) atoms. The molecule has 144 valence electrons. The van der Waals surface area contributed by atoms with E-state index in [0.29, 0.717) is 11.4 Å². The third-order valence-electron chi connectivity index (χ3n) is 2.89. The first-order chi connectivity index (χ1) is 13.0. The standard InChI is InChI=1S/C16H14N2O7.ClHO/c1-11(19)25-15-8-3-2-7-14(15)16(20)23-9-12-5-4-6-13(17-12)10-24-18(21)22;1-2/h2-8H,9-10H2,1H3;2H. The molecule has 0 atom stereocenters. The number of hydrogen-bond donors (Lipinski definition) is 1. The van der Waals surface area contributed by atoms with E-state index in [1.807, 2.05) is 0 Å². The number of ether oxygens (including phenoxy) is 2. The Hall–Kier alpha value is -3.24. The Labute approximate surface area is 158 Å². The molecular weight excluding hydrogens is 384 g/mol. The second-order valence-corrected chi connectivity index (χ2v) is 4.78. The van der Waals surface area contributed by atoms with E-state index in [0.717, 1.165) is 0 Å². The van der Waals surface area contributed by atoms with Gasteiger partial charge in [-0.3, -0.25) is 14.4 Å². The molecule has 0 saturated carbocycles. The molecule has 10 nitrogen and oxygen atoms in total. The van der Waals surface area contributed by atoms with Gasteiger partial charge in [-0.2, -0.15) is 0 Å². The number of carbonyl (C=O) groups is 2. The van der Waals surface area contributed by atoms with Gasteiger partial charge in [0.05, 0.1) is 23.3 Å². The zero-order valence-electron chi connectivity index (χ0n) is 14.0. The van der Waals surface area contributed by atoms with Crippen molar-refractivity contribution in [1.29, 1.82) is 0 Å². The van der Waals surface area contributed by atoms with Crippen molar-refractivity contribution >= 4 is 23.8 Å². The van der Waals surface area contributed by atoms with Crippen LogP contribution in [0.3, 0.4) is 0 Å². The highest BCUT2D eigenvalue weighted by Crippen LogP contribution is 2.19. The number of benzene rings is 1. The Balaban J connectivity index is 0.00000176. The first kappa shape index (κ1) is 21.8. The van der Waals surface area contributed by atoms with Gasteiger partial charge in [0.1, 0.15) is 24.5 Å². The number of carbonyl (C=O) groups excluding carboxylic acids is 2. The number of rotatable bonds is 7. The number of para-hydroxylation sites is 1. The van der Waals surface area contributed by atoms with Gasteiger partial charge in [0.2, 0.25) is 0 Å². The van der Waals surface area contributed by atoms with E-state index in [9.17, 15) is 19.7 Å². The molecule has 0 unspecified atom stereocenters. The fraction of sp³-hybridized carbons (Fsp3) is 0.188. The number of halogens is 1. The van der Waals surface area contributed by atoms with Crippen molar-refractivity contribution < 1.29 is 33.6 Å². The molecule has 0 aliphatic rings. The molecule has 2 aromatic rings. The fourth-order valence-corrected chi connectivity index (χ4v) is 1.91. The Morgan fingerprint density at radius 1 is 1.11 bits per heavy atom. The Morgan fingerprint density at radius 3 is 2.37 bits per heavy atom. The molecule has 1 N–H and O–H groups in total. The first-order valence-corrected chi connectivity index (χ1v) is 7.63. The van der Waals surface area contributed by atoms with Crippen molar-refractivity contribution in [2.24, 2.45) is 0 Å². The topological polar surface area (TPSA) is 138 Å². The van der Waals surface area contributed by atoms with E-state index >= 15 is 0 Å². The summed E-state index contributed by atoms with van der Waals surface area (Å²) in [5.41, 5.74) is 0.818. The van der Waals surface area contributed by atoms with Crippen molar-refractivity contribution in [3.05, 3.63) is 69.5 Å². The molecule has 0 spiro atoms. The minimum Gasteiger partial charge on any atom is -0.455 e. The van der Waals surface area contributed by atoms with Gasteiger partial charge in [0.25, 0.3) is 5.09 Å². The van der Waals surface area contributed by atoms with Crippen LogP contribution in [0.15, 0.2) is 42.5 Å². The van der Waals surface area contributed by atoms with E-state index < -0.39 is 17.0 Å². The number of nitrogens with zero attached hydrogens (tertiary/aromatic N) is 2. The predicted molar refractivity (Wildman–Crippen MR) is 91.0 cm³/mol. The summed E-state index contributed by atoms with van der Waals surface area (Å²) < 4.78 is 16.6. The van der Waals surface area contributed by atoms with Crippen LogP contribution < -0.4 is 4.74 Å². The van der Waals surface area contributed by atoms with Gasteiger partial charge in [0.15, 0.2) is 0 Å². The minimum atomic E-state index is -0.916. The van der Waals surface area contributed by atoms with Gasteiger partial charge < -0.3 is 14.3 Å². The Bertz CT molecular complexity index is 799. The smallest absolute Gasteiger partial charge is 0.342 e. The lowest BCUT2D eigenvalue weighted by atomic mass is 10.2. The summed E-state index contributed by atoms with van der Waals surface area (Å²) in [5, 5.41) is 9.27. The lowest BCUT2D eigenvalue weighted by molar-refractivity contribution is -0.763. The van der Waals surface area contributed by atoms with Crippen LogP contribution in [0.5, 0.6) is 5.75 Å². The zero-order chi connectivity index (χ0) is 20.2. The monoisotopic (exact) mass is 398 g/mol. The highest BCUT2D eigenvalue weighted by atomic mass is 35.5. The van der Waals surface area contributed by atoms with Crippen LogP contribution in [-0.2, 0) is 27.6 Å². The summed E-state index contributed by atoms with van der Waals surface area (Å²) in [4.78, 5) is 41.7. The highest BCUT2D eigenvalue weighted by Gasteiger charge is 2.15. The average molecular weight is 399 g/mol. The number of pyridine rings is 1. The SMILES string of the molecule is CC(=O)Oc1ccccc1C(=O)OCc1cccc(CO[N+](=O)[O-])n1.OCl. The third kappa shape index (κ3) is 7.67. The molecule has 1 aromatic heterocycles. The highest BCUT2D eigenvalue weighted by molar-refractivity contribution is 6.04. The van der Waals surface area contributed by atoms with Gasteiger partial charge in [-0.15, -0.1) is 10.1 Å². The van der Waals surface area contributed by atoms with Crippen LogP contribution in [0, 0.1) is 10.1 Å². The van der Waals surface area contributed by atoms with Crippen molar-refractivity contribution in [1.82, 2.24) is 4.98 Å². The van der Waals surface area contributed by atoms with E-state index in [-0.39, 0.29) is 24.5 Å². The maximum Gasteiger partial charge on any atom is 0.342 e. The van der Waals surface area contributed by atoms with E-state index in [2.05, 4.69) is 21.7 Å². The minimum absolute atomic E-state index is 0.0982. The van der Waals surface area contributed by atoms with E-state index in [1.165, 1.54) is 19.1 Å². The number of esters is 2. The summed E-state index contributed by atoms with van der Waals surface area (Å²) in [5.74, 6) is -1.15. The van der Waals surface area contributed by atoms with Gasteiger partial charge in [0, 0.05) is 6.92 Å². The Kier molecular flexibility index (Phi) is 9.20. The van der Waals surface area contributed by atoms with Crippen molar-refractivity contribution in [3.63, 3.8) is 0 Å². The second kappa shape index (κ2) is 11.4. The van der Waals surface area contributed by atoms with E-state index in [4.69, 9.17) is 14.1 Å². The van der Waals surface area contributed by atoms with Crippen LogP contribution in [-0.4, -0.2) is 26.7 Å². The second-order valence-electron chi connectivity index (χ2n) is 4.78. The third-order valence-corrected chi connectivity index (χ3v) is 2.89. The Morgan fingerprint density at radius 2 is 1.74 bits per heavy atom. The zero-order valence-corrected chi connectivity index (χ0v) is 14.8. The summed E-state index contributed by atoms with van der Waals surface area (Å²) in [6, 6.07) is 10.9. The lowest BCUT2D eigenvalue weighted by Crippen LogP contribution is -2.11. The molecule has 1 heterocycles. The van der Waals surface area contributed by atoms with Gasteiger partial charge in [-0.25, -0.2) is 4.79 Å². The van der Waals surface area contributed by atoms with Crippen LogP contribution in [0.2, 0.25) is 0 Å². The van der Waals surface area contributed by atoms with Crippen molar-refractivity contribution in [2.45, 2.75) is 20.1 Å².